The number of carbonyl (C=O) groups excluding carboxylic acids is 1. The smallest absolute Gasteiger partial charge is 0.235 e. The maximum atomic E-state index is 12.1. The molecule has 0 aliphatic carbocycles. The standard InChI is InChI=1S/C13H11ClN2OS/c1-8-6-12(17)16-11(7-18-13(16)15-8)9-4-2-3-5-10(9)14/h2-5,7,13H,6H2,1H3/t13-/m0/s1. The van der Waals surface area contributed by atoms with Gasteiger partial charge in [0.2, 0.25) is 5.91 Å². The Morgan fingerprint density at radius 1 is 1.44 bits per heavy atom. The van der Waals surface area contributed by atoms with Gasteiger partial charge in [0.1, 0.15) is 0 Å². The Kier molecular flexibility index (Phi) is 2.92. The molecule has 0 N–H and O–H groups in total. The molecular weight excluding hydrogens is 268 g/mol. The number of hydrogen-bond donors (Lipinski definition) is 0. The van der Waals surface area contributed by atoms with Gasteiger partial charge in [0.15, 0.2) is 5.50 Å². The van der Waals surface area contributed by atoms with Gasteiger partial charge in [-0.15, -0.1) is 0 Å². The van der Waals surface area contributed by atoms with Crippen LogP contribution in [0.25, 0.3) is 5.70 Å². The first kappa shape index (κ1) is 11.8. The van der Waals surface area contributed by atoms with Gasteiger partial charge in [-0.2, -0.15) is 0 Å². The molecule has 0 saturated carbocycles. The van der Waals surface area contributed by atoms with Crippen molar-refractivity contribution in [1.82, 2.24) is 4.90 Å². The number of aliphatic imine (C=N–C) groups is 1. The van der Waals surface area contributed by atoms with Crippen LogP contribution in [0, 0.1) is 0 Å². The maximum Gasteiger partial charge on any atom is 0.235 e. The van der Waals surface area contributed by atoms with Crippen LogP contribution < -0.4 is 0 Å². The van der Waals surface area contributed by atoms with E-state index in [-0.39, 0.29) is 11.4 Å². The van der Waals surface area contributed by atoms with E-state index in [0.29, 0.717) is 11.4 Å². The maximum absolute atomic E-state index is 12.1. The van der Waals surface area contributed by atoms with E-state index in [9.17, 15) is 4.79 Å². The first-order valence-electron chi connectivity index (χ1n) is 5.62. The lowest BCUT2D eigenvalue weighted by Gasteiger charge is -2.29. The second-order valence-corrected chi connectivity index (χ2v) is 5.59. The van der Waals surface area contributed by atoms with Gasteiger partial charge in [0, 0.05) is 16.3 Å². The summed E-state index contributed by atoms with van der Waals surface area (Å²) in [6, 6.07) is 7.56. The van der Waals surface area contributed by atoms with Gasteiger partial charge in [0.05, 0.1) is 12.1 Å². The minimum atomic E-state index is -0.155. The molecule has 18 heavy (non-hydrogen) atoms. The minimum Gasteiger partial charge on any atom is -0.279 e. The number of benzene rings is 1. The zero-order valence-corrected chi connectivity index (χ0v) is 11.3. The number of nitrogens with zero attached hydrogens (tertiary/aromatic N) is 2. The summed E-state index contributed by atoms with van der Waals surface area (Å²) in [7, 11) is 0. The molecule has 3 rings (SSSR count). The van der Waals surface area contributed by atoms with Crippen LogP contribution in [0.1, 0.15) is 18.9 Å². The van der Waals surface area contributed by atoms with Crippen molar-refractivity contribution in [3.63, 3.8) is 0 Å². The Labute approximate surface area is 115 Å². The number of amides is 1. The fraction of sp³-hybridized carbons (Fsp3) is 0.231. The predicted octanol–water partition coefficient (Wildman–Crippen LogP) is 3.36. The highest BCUT2D eigenvalue weighted by molar-refractivity contribution is 8.03. The van der Waals surface area contributed by atoms with Crippen LogP contribution in [0.2, 0.25) is 5.02 Å². The van der Waals surface area contributed by atoms with Crippen molar-refractivity contribution < 1.29 is 4.79 Å². The SMILES string of the molecule is CC1=N[C@@H]2SC=C(c3ccccc3Cl)N2C(=O)C1. The van der Waals surface area contributed by atoms with E-state index in [1.165, 1.54) is 0 Å². The Hall–Kier alpha value is -1.26. The second kappa shape index (κ2) is 4.44. The first-order chi connectivity index (χ1) is 8.66. The van der Waals surface area contributed by atoms with Crippen LogP contribution in [-0.4, -0.2) is 22.0 Å². The van der Waals surface area contributed by atoms with E-state index in [0.717, 1.165) is 17.0 Å². The first-order valence-corrected chi connectivity index (χ1v) is 6.95. The van der Waals surface area contributed by atoms with Gasteiger partial charge in [-0.1, -0.05) is 41.6 Å². The lowest BCUT2D eigenvalue weighted by atomic mass is 10.1. The summed E-state index contributed by atoms with van der Waals surface area (Å²) in [4.78, 5) is 18.4. The number of halogens is 1. The quantitative estimate of drug-likeness (QED) is 0.789. The van der Waals surface area contributed by atoms with E-state index < -0.39 is 0 Å². The minimum absolute atomic E-state index is 0.0867. The molecule has 2 aliphatic rings. The van der Waals surface area contributed by atoms with Gasteiger partial charge in [-0.25, -0.2) is 0 Å². The van der Waals surface area contributed by atoms with Crippen LogP contribution in [0.5, 0.6) is 0 Å². The third-order valence-corrected chi connectivity index (χ3v) is 4.19. The van der Waals surface area contributed by atoms with Gasteiger partial charge in [0.25, 0.3) is 0 Å². The Morgan fingerprint density at radius 2 is 2.22 bits per heavy atom. The Bertz CT molecular complexity index is 582. The summed E-state index contributed by atoms with van der Waals surface area (Å²) >= 11 is 7.73. The highest BCUT2D eigenvalue weighted by Crippen LogP contribution is 2.41. The van der Waals surface area contributed by atoms with E-state index >= 15 is 0 Å². The number of rotatable bonds is 1. The summed E-state index contributed by atoms with van der Waals surface area (Å²) in [5, 5.41) is 2.62. The molecule has 5 heteroatoms. The lowest BCUT2D eigenvalue weighted by Crippen LogP contribution is -2.38. The fourth-order valence-corrected chi connectivity index (χ4v) is 3.43. The van der Waals surface area contributed by atoms with Gasteiger partial charge < -0.3 is 0 Å². The molecule has 2 aliphatic heterocycles. The monoisotopic (exact) mass is 278 g/mol. The molecule has 1 amide bonds. The van der Waals surface area contributed by atoms with Crippen LogP contribution >= 0.6 is 23.4 Å². The molecular formula is C13H11ClN2OS. The molecule has 0 fully saturated rings. The summed E-state index contributed by atoms with van der Waals surface area (Å²) in [6.45, 7) is 1.89. The number of carbonyl (C=O) groups is 1. The Morgan fingerprint density at radius 3 is 3.00 bits per heavy atom. The molecule has 2 heterocycles. The van der Waals surface area contributed by atoms with Crippen LogP contribution in [-0.2, 0) is 4.79 Å². The van der Waals surface area contributed by atoms with Crippen LogP contribution in [0.15, 0.2) is 34.7 Å². The largest absolute Gasteiger partial charge is 0.279 e. The van der Waals surface area contributed by atoms with Crippen molar-refractivity contribution in [3.05, 3.63) is 40.3 Å². The predicted molar refractivity (Wildman–Crippen MR) is 75.4 cm³/mol. The van der Waals surface area contributed by atoms with Crippen molar-refractivity contribution in [2.24, 2.45) is 4.99 Å². The molecule has 3 nitrogen and oxygen atoms in total. The average molecular weight is 279 g/mol. The molecule has 1 aromatic rings. The third kappa shape index (κ3) is 1.85. The second-order valence-electron chi connectivity index (χ2n) is 4.25. The molecule has 0 aromatic heterocycles. The van der Waals surface area contributed by atoms with Gasteiger partial charge >= 0.3 is 0 Å². The Balaban J connectivity index is 2.02. The van der Waals surface area contributed by atoms with Crippen molar-refractivity contribution in [2.75, 3.05) is 0 Å². The summed E-state index contributed by atoms with van der Waals surface area (Å²) in [5.74, 6) is 0.0867. The van der Waals surface area contributed by atoms with E-state index in [4.69, 9.17) is 11.6 Å². The van der Waals surface area contributed by atoms with E-state index in [1.807, 2.05) is 36.6 Å². The molecule has 0 saturated heterocycles. The number of thioether (sulfide) groups is 1. The molecule has 0 spiro atoms. The average Bonchev–Trinajstić information content (AvgIpc) is 2.73. The highest BCUT2D eigenvalue weighted by Gasteiger charge is 2.36. The van der Waals surface area contributed by atoms with Crippen molar-refractivity contribution in [3.8, 4) is 0 Å². The molecule has 0 bridgehead atoms. The molecule has 1 aromatic carbocycles. The lowest BCUT2D eigenvalue weighted by molar-refractivity contribution is -0.127. The van der Waals surface area contributed by atoms with Crippen molar-refractivity contribution in [2.45, 2.75) is 18.8 Å². The molecule has 92 valence electrons. The zero-order chi connectivity index (χ0) is 12.7. The number of fused-ring (bicyclic) bond motifs is 1. The third-order valence-electron chi connectivity index (χ3n) is 2.94. The summed E-state index contributed by atoms with van der Waals surface area (Å²) in [5.41, 5.74) is 2.48. The van der Waals surface area contributed by atoms with Gasteiger partial charge in [-0.3, -0.25) is 14.7 Å². The summed E-state index contributed by atoms with van der Waals surface area (Å²) in [6.07, 6.45) is 0.388. The number of hydrogen-bond acceptors (Lipinski definition) is 3. The molecule has 0 unspecified atom stereocenters. The van der Waals surface area contributed by atoms with Crippen LogP contribution in [0.4, 0.5) is 0 Å². The normalized spacial score (nSPS) is 22.7. The van der Waals surface area contributed by atoms with E-state index in [1.54, 1.807) is 16.7 Å². The zero-order valence-electron chi connectivity index (χ0n) is 9.76. The summed E-state index contributed by atoms with van der Waals surface area (Å²) < 4.78 is 0. The van der Waals surface area contributed by atoms with E-state index in [2.05, 4.69) is 4.99 Å². The highest BCUT2D eigenvalue weighted by atomic mass is 35.5. The molecule has 0 radical (unpaired) electrons. The van der Waals surface area contributed by atoms with Crippen molar-refractivity contribution >= 4 is 40.7 Å². The topological polar surface area (TPSA) is 32.7 Å². The molecule has 1 atom stereocenters. The van der Waals surface area contributed by atoms with Crippen molar-refractivity contribution in [1.29, 1.82) is 0 Å². The van der Waals surface area contributed by atoms with Gasteiger partial charge in [-0.05, 0) is 18.4 Å². The fourth-order valence-electron chi connectivity index (χ4n) is 2.11. The van der Waals surface area contributed by atoms with Crippen LogP contribution in [0.3, 0.4) is 0 Å².